The third-order valence-electron chi connectivity index (χ3n) is 1.21. The molecule has 18 heavy (non-hydrogen) atoms. The zero-order chi connectivity index (χ0) is 14.5. The van der Waals surface area contributed by atoms with Gasteiger partial charge in [0.05, 0.1) is 0 Å². The Labute approximate surface area is 130 Å². The van der Waals surface area contributed by atoms with Gasteiger partial charge >= 0.3 is 16.5 Å². The van der Waals surface area contributed by atoms with Crippen LogP contribution in [0.4, 0.5) is 0 Å². The van der Waals surface area contributed by atoms with Crippen LogP contribution in [-0.4, -0.2) is 40.0 Å². The molecule has 116 valence electrons. The maximum absolute atomic E-state index is 3.88. The molecule has 0 saturated heterocycles. The molecule has 0 N–H and O–H groups in total. The van der Waals surface area contributed by atoms with Crippen LogP contribution in [0.15, 0.2) is 0 Å². The molecule has 0 bridgehead atoms. The van der Waals surface area contributed by atoms with E-state index in [-0.39, 0.29) is 16.5 Å². The molecule has 0 aromatic carbocycles. The van der Waals surface area contributed by atoms with E-state index in [1.807, 2.05) is 0 Å². The Morgan fingerprint density at radius 2 is 0.778 bits per heavy atom. The minimum Gasteiger partial charge on any atom is -0.181 e. The van der Waals surface area contributed by atoms with Gasteiger partial charge in [-0.1, -0.05) is 46.0 Å². The van der Waals surface area contributed by atoms with Gasteiger partial charge in [0.1, 0.15) is 0 Å². The van der Waals surface area contributed by atoms with Crippen molar-refractivity contribution in [2.75, 3.05) is 40.0 Å². The van der Waals surface area contributed by atoms with Gasteiger partial charge in [-0.05, 0) is 0 Å². The molecule has 3 heteroatoms. The molecular formula is C15H38NiP2+2. The van der Waals surface area contributed by atoms with Crippen LogP contribution in [0.2, 0.25) is 0 Å². The molecule has 0 atom stereocenters. The summed E-state index contributed by atoms with van der Waals surface area (Å²) in [6, 6.07) is 0. The zero-order valence-electron chi connectivity index (χ0n) is 14.2. The monoisotopic (exact) mass is 338 g/mol. The van der Waals surface area contributed by atoms with Gasteiger partial charge in [-0.2, -0.15) is 13.3 Å². The van der Waals surface area contributed by atoms with Crippen molar-refractivity contribution in [2.45, 2.75) is 46.0 Å². The molecule has 0 spiro atoms. The summed E-state index contributed by atoms with van der Waals surface area (Å²) in [4.78, 5) is 0. The Hall–Kier alpha value is 1.35. The quantitative estimate of drug-likeness (QED) is 0.242. The van der Waals surface area contributed by atoms with Crippen molar-refractivity contribution in [3.8, 4) is 0 Å². The number of hydrogen-bond donors (Lipinski definition) is 0. The van der Waals surface area contributed by atoms with E-state index in [1.54, 1.807) is 0 Å². The standard InChI is InChI=1S/C7H16.2C4H11P.Ni/c1-3-5-7-6-4-2;2*1-5(2,3)4;/h3-7H2,1-2H3;2*1H2,2-4H3;/q;;;+2. The van der Waals surface area contributed by atoms with E-state index in [9.17, 15) is 0 Å². The van der Waals surface area contributed by atoms with E-state index in [2.05, 4.69) is 67.2 Å². The molecular weight excluding hydrogens is 301 g/mol. The fourth-order valence-electron chi connectivity index (χ4n) is 0.677. The molecule has 0 radical (unpaired) electrons. The first kappa shape index (κ1) is 27.7. The summed E-state index contributed by atoms with van der Waals surface area (Å²) in [5.74, 6) is 0. The van der Waals surface area contributed by atoms with E-state index < -0.39 is 14.5 Å². The largest absolute Gasteiger partial charge is 2.00 e. The van der Waals surface area contributed by atoms with E-state index in [0.717, 1.165) is 0 Å². The number of unbranched alkanes of at least 4 members (excludes halogenated alkanes) is 4. The van der Waals surface area contributed by atoms with Gasteiger partial charge in [-0.15, -0.1) is 14.5 Å². The molecule has 0 amide bonds. The molecule has 0 saturated carbocycles. The molecule has 0 unspecified atom stereocenters. The maximum Gasteiger partial charge on any atom is 2.00 e. The molecule has 0 rings (SSSR count). The van der Waals surface area contributed by atoms with Gasteiger partial charge in [0, 0.05) is 40.0 Å². The van der Waals surface area contributed by atoms with Crippen LogP contribution in [0.5, 0.6) is 0 Å². The van der Waals surface area contributed by atoms with Gasteiger partial charge < -0.3 is 0 Å². The summed E-state index contributed by atoms with van der Waals surface area (Å²) in [6.07, 6.45) is 7.01. The van der Waals surface area contributed by atoms with Crippen LogP contribution in [0.3, 0.4) is 0 Å². The van der Waals surface area contributed by atoms with Gasteiger partial charge in [-0.25, -0.2) is 0 Å². The van der Waals surface area contributed by atoms with Crippen molar-refractivity contribution in [1.29, 1.82) is 0 Å². The first-order chi connectivity index (χ1) is 7.41. The SMILES string of the molecule is CCCCCCC.[CH2-][P+](C)(C)C.[CH2-][P+](C)(C)C.[Ni+2]. The second kappa shape index (κ2) is 16.4. The van der Waals surface area contributed by atoms with E-state index >= 15 is 0 Å². The molecule has 0 aromatic rings. The first-order valence-electron chi connectivity index (χ1n) is 6.73. The minimum absolute atomic E-state index is 0. The number of hydrogen-bond acceptors (Lipinski definition) is 0. The number of rotatable bonds is 4. The van der Waals surface area contributed by atoms with Gasteiger partial charge in [0.2, 0.25) is 0 Å². The first-order valence-corrected chi connectivity index (χ1v) is 13.4. The molecule has 0 aliphatic carbocycles. The molecule has 0 aliphatic heterocycles. The Balaban J connectivity index is -0.0000000813. The molecule has 0 nitrogen and oxygen atoms in total. The molecule has 0 aliphatic rings. The summed E-state index contributed by atoms with van der Waals surface area (Å²) in [5.41, 5.74) is 0. The molecule has 0 fully saturated rings. The van der Waals surface area contributed by atoms with E-state index in [0.29, 0.717) is 0 Å². The fraction of sp³-hybridized carbons (Fsp3) is 0.867. The Morgan fingerprint density at radius 3 is 0.889 bits per heavy atom. The normalized spacial score (nSPS) is 10.3. The van der Waals surface area contributed by atoms with Gasteiger partial charge in [0.15, 0.2) is 0 Å². The predicted molar refractivity (Wildman–Crippen MR) is 94.5 cm³/mol. The van der Waals surface area contributed by atoms with Crippen molar-refractivity contribution in [3.05, 3.63) is 13.3 Å². The van der Waals surface area contributed by atoms with Crippen LogP contribution in [0, 0.1) is 13.3 Å². The van der Waals surface area contributed by atoms with Crippen molar-refractivity contribution < 1.29 is 16.5 Å². The maximum atomic E-state index is 3.88. The summed E-state index contributed by atoms with van der Waals surface area (Å²) < 4.78 is 0. The Kier molecular flexibility index (Phi) is 25.2. The summed E-state index contributed by atoms with van der Waals surface area (Å²) in [6.45, 7) is 25.4. The van der Waals surface area contributed by atoms with Crippen molar-refractivity contribution in [2.24, 2.45) is 0 Å². The van der Waals surface area contributed by atoms with Crippen molar-refractivity contribution in [3.63, 3.8) is 0 Å². The minimum atomic E-state index is -0.639. The molecule has 0 aromatic heterocycles. The van der Waals surface area contributed by atoms with Gasteiger partial charge in [-0.3, -0.25) is 0 Å². The van der Waals surface area contributed by atoms with Crippen molar-refractivity contribution in [1.82, 2.24) is 0 Å². The smallest absolute Gasteiger partial charge is 0.181 e. The van der Waals surface area contributed by atoms with Crippen LogP contribution in [-0.2, 0) is 16.5 Å². The fourth-order valence-corrected chi connectivity index (χ4v) is 0.677. The van der Waals surface area contributed by atoms with Crippen LogP contribution in [0.25, 0.3) is 0 Å². The second-order valence-electron chi connectivity index (χ2n) is 6.64. The zero-order valence-corrected chi connectivity index (χ0v) is 16.9. The summed E-state index contributed by atoms with van der Waals surface area (Å²) in [5, 5.41) is 0. The average Bonchev–Trinajstić information content (AvgIpc) is 1.99. The summed E-state index contributed by atoms with van der Waals surface area (Å²) in [7, 11) is -1.28. The third kappa shape index (κ3) is 162. The topological polar surface area (TPSA) is 0 Å². The Bertz CT molecular complexity index is 106. The Morgan fingerprint density at radius 1 is 0.611 bits per heavy atom. The second-order valence-corrected chi connectivity index (χ2v) is 15.8. The van der Waals surface area contributed by atoms with Crippen molar-refractivity contribution >= 4 is 14.5 Å². The van der Waals surface area contributed by atoms with Crippen LogP contribution >= 0.6 is 14.5 Å². The third-order valence-corrected chi connectivity index (χ3v) is 1.21. The van der Waals surface area contributed by atoms with Crippen LogP contribution < -0.4 is 0 Å². The molecule has 0 heterocycles. The summed E-state index contributed by atoms with van der Waals surface area (Å²) >= 11 is 0. The van der Waals surface area contributed by atoms with E-state index in [1.165, 1.54) is 32.1 Å². The van der Waals surface area contributed by atoms with E-state index in [4.69, 9.17) is 0 Å². The van der Waals surface area contributed by atoms with Gasteiger partial charge in [0.25, 0.3) is 0 Å². The van der Waals surface area contributed by atoms with Crippen LogP contribution in [0.1, 0.15) is 46.0 Å². The predicted octanol–water partition coefficient (Wildman–Crippen LogP) is 6.34. The average molecular weight is 339 g/mol.